The number of furan rings is 1. The molecule has 34 heavy (non-hydrogen) atoms. The first-order valence-electron chi connectivity index (χ1n) is 13.0. The third-order valence-corrected chi connectivity index (χ3v) is 8.63. The number of urea groups is 1. The molecule has 182 valence electrons. The number of nitrogens with zero attached hydrogens (tertiary/aromatic N) is 3. The summed E-state index contributed by atoms with van der Waals surface area (Å²) in [6.45, 7) is 3.21. The van der Waals surface area contributed by atoms with Crippen LogP contribution in [0.2, 0.25) is 0 Å². The number of carbonyl (C=O) groups excluding carboxylic acids is 3. The van der Waals surface area contributed by atoms with Gasteiger partial charge in [0.05, 0.1) is 18.8 Å². The fraction of sp³-hybridized carbons (Fsp3) is 0.654. The Morgan fingerprint density at radius 1 is 1.18 bits per heavy atom. The van der Waals surface area contributed by atoms with E-state index >= 15 is 0 Å². The fourth-order valence-corrected chi connectivity index (χ4v) is 7.15. The van der Waals surface area contributed by atoms with E-state index in [1.807, 2.05) is 0 Å². The van der Waals surface area contributed by atoms with Crippen LogP contribution < -0.4 is 5.32 Å². The molecule has 1 aromatic heterocycles. The molecule has 4 fully saturated rings. The first kappa shape index (κ1) is 21.9. The number of rotatable bonds is 5. The molecule has 1 aliphatic carbocycles. The monoisotopic (exact) mass is 466 g/mol. The summed E-state index contributed by atoms with van der Waals surface area (Å²) in [6, 6.07) is 3.32. The smallest absolute Gasteiger partial charge is 0.325 e. The van der Waals surface area contributed by atoms with Crippen LogP contribution in [0.4, 0.5) is 4.79 Å². The molecule has 0 radical (unpaired) electrons. The summed E-state index contributed by atoms with van der Waals surface area (Å²) in [6.07, 6.45) is 11.9. The predicted octanol–water partition coefficient (Wildman–Crippen LogP) is 2.90. The second-order valence-electron chi connectivity index (χ2n) is 10.6. The molecule has 0 saturated carbocycles. The van der Waals surface area contributed by atoms with Crippen molar-refractivity contribution in [3.8, 4) is 0 Å². The quantitative estimate of drug-likeness (QED) is 0.533. The number of amides is 4. The molecule has 2 unspecified atom stereocenters. The first-order chi connectivity index (χ1) is 16.6. The molecule has 5 heterocycles. The van der Waals surface area contributed by atoms with E-state index in [-0.39, 0.29) is 30.8 Å². The number of fused-ring (bicyclic) bond motifs is 6. The third-order valence-electron chi connectivity index (χ3n) is 8.63. The average molecular weight is 467 g/mol. The van der Waals surface area contributed by atoms with Crippen LogP contribution in [0.5, 0.6) is 0 Å². The van der Waals surface area contributed by atoms with Crippen molar-refractivity contribution in [3.63, 3.8) is 0 Å². The van der Waals surface area contributed by atoms with Gasteiger partial charge in [-0.15, -0.1) is 0 Å². The minimum Gasteiger partial charge on any atom is -0.467 e. The van der Waals surface area contributed by atoms with E-state index in [9.17, 15) is 14.4 Å². The summed E-state index contributed by atoms with van der Waals surface area (Å²) >= 11 is 0. The van der Waals surface area contributed by atoms with Gasteiger partial charge in [0, 0.05) is 25.6 Å². The summed E-state index contributed by atoms with van der Waals surface area (Å²) in [4.78, 5) is 44.5. The lowest BCUT2D eigenvalue weighted by Gasteiger charge is -2.54. The van der Waals surface area contributed by atoms with Gasteiger partial charge < -0.3 is 14.6 Å². The van der Waals surface area contributed by atoms with Gasteiger partial charge in [-0.3, -0.25) is 19.4 Å². The molecule has 4 saturated heterocycles. The van der Waals surface area contributed by atoms with E-state index < -0.39 is 12.1 Å². The molecule has 8 heteroatoms. The molecular formula is C26H34N4O4. The van der Waals surface area contributed by atoms with E-state index in [0.717, 1.165) is 25.9 Å². The van der Waals surface area contributed by atoms with Crippen molar-refractivity contribution >= 4 is 17.8 Å². The Kier molecular flexibility index (Phi) is 5.71. The average Bonchev–Trinajstić information content (AvgIpc) is 3.46. The van der Waals surface area contributed by atoms with Crippen LogP contribution in [-0.2, 0) is 16.1 Å². The van der Waals surface area contributed by atoms with E-state index in [1.165, 1.54) is 49.0 Å². The number of imide groups is 1. The highest BCUT2D eigenvalue weighted by Crippen LogP contribution is 2.45. The number of hydrogen-bond donors (Lipinski definition) is 1. The molecule has 1 aromatic rings. The Morgan fingerprint density at radius 3 is 2.94 bits per heavy atom. The van der Waals surface area contributed by atoms with Gasteiger partial charge in [-0.05, 0) is 69.0 Å². The molecular weight excluding hydrogens is 432 g/mol. The van der Waals surface area contributed by atoms with E-state index in [1.54, 1.807) is 12.1 Å². The van der Waals surface area contributed by atoms with Crippen LogP contribution in [0.1, 0.15) is 57.1 Å². The normalized spacial score (nSPS) is 33.3. The van der Waals surface area contributed by atoms with E-state index in [4.69, 9.17) is 4.42 Å². The van der Waals surface area contributed by atoms with Gasteiger partial charge in [0.2, 0.25) is 5.91 Å². The number of hydrogen-bond acceptors (Lipinski definition) is 5. The van der Waals surface area contributed by atoms with Gasteiger partial charge >= 0.3 is 6.03 Å². The summed E-state index contributed by atoms with van der Waals surface area (Å²) in [5.74, 6) is 1.55. The highest BCUT2D eigenvalue weighted by molar-refractivity contribution is 6.04. The van der Waals surface area contributed by atoms with Crippen molar-refractivity contribution in [2.24, 2.45) is 11.8 Å². The van der Waals surface area contributed by atoms with Crippen molar-refractivity contribution in [3.05, 3.63) is 35.8 Å². The molecule has 5 atom stereocenters. The highest BCUT2D eigenvalue weighted by Gasteiger charge is 2.47. The van der Waals surface area contributed by atoms with E-state index in [2.05, 4.69) is 21.2 Å². The largest absolute Gasteiger partial charge is 0.467 e. The van der Waals surface area contributed by atoms with Crippen molar-refractivity contribution < 1.29 is 18.8 Å². The number of likely N-dealkylation sites (tertiary alicyclic amines) is 1. The van der Waals surface area contributed by atoms with Crippen LogP contribution in [-0.4, -0.2) is 70.3 Å². The molecule has 0 aromatic carbocycles. The zero-order chi connectivity index (χ0) is 23.2. The van der Waals surface area contributed by atoms with E-state index in [0.29, 0.717) is 30.1 Å². The Labute approximate surface area is 200 Å². The van der Waals surface area contributed by atoms with Crippen LogP contribution in [0.25, 0.3) is 0 Å². The zero-order valence-electron chi connectivity index (χ0n) is 19.7. The maximum absolute atomic E-state index is 13.4. The topological polar surface area (TPSA) is 86.1 Å². The molecule has 2 bridgehead atoms. The minimum absolute atomic E-state index is 0.112. The SMILES string of the molecule is O=C1N[C@@H](CCC(=O)N2CCCC3=C[C@H]4C[C@@H](CN5CCCCC45)C32)C(=O)N1Cc1ccco1. The first-order valence-corrected chi connectivity index (χ1v) is 13.0. The Morgan fingerprint density at radius 2 is 2.09 bits per heavy atom. The van der Waals surface area contributed by atoms with Crippen LogP contribution in [0.15, 0.2) is 34.5 Å². The molecule has 8 nitrogen and oxygen atoms in total. The van der Waals surface area contributed by atoms with Crippen LogP contribution >= 0.6 is 0 Å². The van der Waals surface area contributed by atoms with Crippen LogP contribution in [0.3, 0.4) is 0 Å². The van der Waals surface area contributed by atoms with Gasteiger partial charge in [-0.2, -0.15) is 0 Å². The Hall–Kier alpha value is -2.61. The maximum atomic E-state index is 13.4. The van der Waals surface area contributed by atoms with Crippen molar-refractivity contribution in [2.45, 2.75) is 76.0 Å². The fourth-order valence-electron chi connectivity index (χ4n) is 7.15. The maximum Gasteiger partial charge on any atom is 0.325 e. The lowest BCUT2D eigenvalue weighted by atomic mass is 9.68. The summed E-state index contributed by atoms with van der Waals surface area (Å²) in [7, 11) is 0. The molecule has 0 spiro atoms. The molecule has 6 rings (SSSR count). The Bertz CT molecular complexity index is 989. The van der Waals surface area contributed by atoms with Crippen LogP contribution in [0, 0.1) is 11.8 Å². The van der Waals surface area contributed by atoms with Gasteiger partial charge in [0.25, 0.3) is 5.91 Å². The molecule has 4 amide bonds. The number of carbonyl (C=O) groups is 3. The lowest BCUT2D eigenvalue weighted by molar-refractivity contribution is -0.136. The second-order valence-corrected chi connectivity index (χ2v) is 10.6. The standard InChI is InChI=1S/C26H34N4O4/c31-23(9-8-21-25(32)30(26(33)27-21)16-20-6-4-12-34-20)29-11-3-5-17-13-18-14-19(24(17)29)15-28-10-2-1-7-22(18)28/h4,6,12-13,18-19,21-22,24H,1-3,5,7-11,14-16H2,(H,27,33)/t18-,19-,21-,22?,24?/m0/s1. The van der Waals surface area contributed by atoms with Gasteiger partial charge in [-0.1, -0.05) is 18.1 Å². The predicted molar refractivity (Wildman–Crippen MR) is 124 cm³/mol. The summed E-state index contributed by atoms with van der Waals surface area (Å²) in [5.41, 5.74) is 1.47. The minimum atomic E-state index is -0.647. The number of nitrogens with one attached hydrogen (secondary N) is 1. The van der Waals surface area contributed by atoms with Crippen molar-refractivity contribution in [2.75, 3.05) is 19.6 Å². The second kappa shape index (κ2) is 8.87. The zero-order valence-corrected chi connectivity index (χ0v) is 19.7. The van der Waals surface area contributed by atoms with Gasteiger partial charge in [-0.25, -0.2) is 4.79 Å². The molecule has 4 aliphatic heterocycles. The molecule has 5 aliphatic rings. The lowest BCUT2D eigenvalue weighted by Crippen LogP contribution is -2.60. The van der Waals surface area contributed by atoms with Crippen molar-refractivity contribution in [1.82, 2.24) is 20.0 Å². The molecule has 1 N–H and O–H groups in total. The Balaban J connectivity index is 1.11. The third kappa shape index (κ3) is 3.85. The van der Waals surface area contributed by atoms with Gasteiger partial charge in [0.1, 0.15) is 11.8 Å². The summed E-state index contributed by atoms with van der Waals surface area (Å²) < 4.78 is 5.28. The highest BCUT2D eigenvalue weighted by atomic mass is 16.3. The summed E-state index contributed by atoms with van der Waals surface area (Å²) in [5, 5.41) is 2.75. The number of piperidine rings is 3. The van der Waals surface area contributed by atoms with Gasteiger partial charge in [0.15, 0.2) is 0 Å². The van der Waals surface area contributed by atoms with Crippen molar-refractivity contribution in [1.29, 1.82) is 0 Å².